The summed E-state index contributed by atoms with van der Waals surface area (Å²) in [7, 11) is 1.88. The first-order chi connectivity index (χ1) is 11.5. The van der Waals surface area contributed by atoms with Crippen molar-refractivity contribution in [3.05, 3.63) is 0 Å². The van der Waals surface area contributed by atoms with Crippen molar-refractivity contribution in [3.8, 4) is 0 Å². The number of amides is 1. The second-order valence-corrected chi connectivity index (χ2v) is 7.71. The standard InChI is InChI=1S/C19H34N2O3/c1-3-16(13-15-7-4-5-8-15)19(24)21-11-6-9-17(10-12-21)20(2)14-18(22)23/h15-17H,3-14H2,1-2H3,(H,22,23). The summed E-state index contributed by atoms with van der Waals surface area (Å²) >= 11 is 0. The molecule has 1 aliphatic carbocycles. The number of rotatable bonds is 7. The van der Waals surface area contributed by atoms with Crippen molar-refractivity contribution in [2.24, 2.45) is 11.8 Å². The fraction of sp³-hybridized carbons (Fsp3) is 0.895. The third-order valence-electron chi connectivity index (χ3n) is 5.95. The molecule has 0 aromatic carbocycles. The molecule has 0 spiro atoms. The Balaban J connectivity index is 1.86. The predicted molar refractivity (Wildman–Crippen MR) is 94.8 cm³/mol. The van der Waals surface area contributed by atoms with Crippen LogP contribution in [-0.2, 0) is 9.59 Å². The summed E-state index contributed by atoms with van der Waals surface area (Å²) in [4.78, 5) is 27.8. The second kappa shape index (κ2) is 9.40. The van der Waals surface area contributed by atoms with Crippen LogP contribution in [0, 0.1) is 11.8 Å². The molecule has 1 heterocycles. The summed E-state index contributed by atoms with van der Waals surface area (Å²) in [6, 6.07) is 0.272. The van der Waals surface area contributed by atoms with Crippen LogP contribution in [0.1, 0.15) is 64.7 Å². The minimum Gasteiger partial charge on any atom is -0.480 e. The largest absolute Gasteiger partial charge is 0.480 e. The van der Waals surface area contributed by atoms with Crippen LogP contribution in [0.2, 0.25) is 0 Å². The number of carboxylic acids is 1. The van der Waals surface area contributed by atoms with E-state index in [2.05, 4.69) is 11.8 Å². The van der Waals surface area contributed by atoms with E-state index in [1.807, 2.05) is 11.9 Å². The molecule has 5 heteroatoms. The number of likely N-dealkylation sites (tertiary alicyclic amines) is 1. The third-order valence-corrected chi connectivity index (χ3v) is 5.95. The molecule has 0 aromatic heterocycles. The molecular formula is C19H34N2O3. The molecule has 2 aliphatic rings. The van der Waals surface area contributed by atoms with Crippen LogP contribution in [0.4, 0.5) is 0 Å². The quantitative estimate of drug-likeness (QED) is 0.775. The van der Waals surface area contributed by atoms with Crippen molar-refractivity contribution < 1.29 is 14.7 Å². The van der Waals surface area contributed by atoms with Crippen LogP contribution in [0.15, 0.2) is 0 Å². The Morgan fingerprint density at radius 3 is 2.46 bits per heavy atom. The molecule has 24 heavy (non-hydrogen) atoms. The Kier molecular flexibility index (Phi) is 7.53. The van der Waals surface area contributed by atoms with Gasteiger partial charge in [-0.15, -0.1) is 0 Å². The highest BCUT2D eigenvalue weighted by Crippen LogP contribution is 2.32. The highest BCUT2D eigenvalue weighted by atomic mass is 16.4. The molecule has 2 fully saturated rings. The number of likely N-dealkylation sites (N-methyl/N-ethyl adjacent to an activating group) is 1. The number of hydrogen-bond acceptors (Lipinski definition) is 3. The van der Waals surface area contributed by atoms with Crippen LogP contribution in [0.25, 0.3) is 0 Å². The Hall–Kier alpha value is -1.10. The van der Waals surface area contributed by atoms with E-state index in [1.54, 1.807) is 0 Å². The minimum absolute atomic E-state index is 0.0812. The van der Waals surface area contributed by atoms with Crippen LogP contribution in [0.5, 0.6) is 0 Å². The van der Waals surface area contributed by atoms with Crippen LogP contribution in [-0.4, -0.2) is 59.5 Å². The molecule has 5 nitrogen and oxygen atoms in total. The summed E-state index contributed by atoms with van der Waals surface area (Å²) in [5.41, 5.74) is 0. The van der Waals surface area contributed by atoms with Crippen molar-refractivity contribution >= 4 is 11.9 Å². The number of hydrogen-bond donors (Lipinski definition) is 1. The monoisotopic (exact) mass is 338 g/mol. The lowest BCUT2D eigenvalue weighted by molar-refractivity contribution is -0.139. The summed E-state index contributed by atoms with van der Waals surface area (Å²) in [6.07, 6.45) is 10.1. The van der Waals surface area contributed by atoms with E-state index in [0.717, 1.165) is 51.1 Å². The summed E-state index contributed by atoms with van der Waals surface area (Å²) in [5.74, 6) is 0.491. The van der Waals surface area contributed by atoms with E-state index in [0.29, 0.717) is 5.91 Å². The van der Waals surface area contributed by atoms with Gasteiger partial charge in [0.25, 0.3) is 0 Å². The van der Waals surface area contributed by atoms with Crippen molar-refractivity contribution in [1.82, 2.24) is 9.80 Å². The smallest absolute Gasteiger partial charge is 0.317 e. The number of aliphatic carboxylic acids is 1. The lowest BCUT2D eigenvalue weighted by atomic mass is 9.90. The van der Waals surface area contributed by atoms with Gasteiger partial charge in [0.2, 0.25) is 5.91 Å². The fourth-order valence-electron chi connectivity index (χ4n) is 4.43. The van der Waals surface area contributed by atoms with E-state index in [-0.39, 0.29) is 18.5 Å². The highest BCUT2D eigenvalue weighted by Gasteiger charge is 2.29. The summed E-state index contributed by atoms with van der Waals surface area (Å²) in [6.45, 7) is 3.82. The number of carboxylic acid groups (broad SMARTS) is 1. The first kappa shape index (κ1) is 19.2. The molecule has 2 rings (SSSR count). The van der Waals surface area contributed by atoms with Gasteiger partial charge >= 0.3 is 5.97 Å². The van der Waals surface area contributed by atoms with Gasteiger partial charge in [-0.2, -0.15) is 0 Å². The molecule has 138 valence electrons. The summed E-state index contributed by atoms with van der Waals surface area (Å²) in [5, 5.41) is 8.96. The average Bonchev–Trinajstić information content (AvgIpc) is 2.92. The van der Waals surface area contributed by atoms with Crippen molar-refractivity contribution in [3.63, 3.8) is 0 Å². The van der Waals surface area contributed by atoms with Gasteiger partial charge in [0.05, 0.1) is 6.54 Å². The second-order valence-electron chi connectivity index (χ2n) is 7.71. The lowest BCUT2D eigenvalue weighted by Crippen LogP contribution is -2.39. The maximum Gasteiger partial charge on any atom is 0.317 e. The molecule has 1 aliphatic heterocycles. The van der Waals surface area contributed by atoms with Crippen molar-refractivity contribution in [2.75, 3.05) is 26.7 Å². The molecule has 2 atom stereocenters. The third kappa shape index (κ3) is 5.47. The maximum atomic E-state index is 12.9. The average molecular weight is 338 g/mol. The van der Waals surface area contributed by atoms with Gasteiger partial charge in [-0.05, 0) is 45.1 Å². The SMILES string of the molecule is CCC(CC1CCCC1)C(=O)N1CCCC(N(C)CC(=O)O)CC1. The van der Waals surface area contributed by atoms with E-state index >= 15 is 0 Å². The zero-order valence-electron chi connectivity index (χ0n) is 15.4. The number of nitrogens with zero attached hydrogens (tertiary/aromatic N) is 2. The van der Waals surface area contributed by atoms with E-state index in [9.17, 15) is 9.59 Å². The molecular weight excluding hydrogens is 304 g/mol. The Morgan fingerprint density at radius 1 is 1.12 bits per heavy atom. The Labute approximate surface area is 146 Å². The van der Waals surface area contributed by atoms with Gasteiger partial charge in [0.1, 0.15) is 0 Å². The molecule has 0 radical (unpaired) electrons. The fourth-order valence-corrected chi connectivity index (χ4v) is 4.43. The first-order valence-electron chi connectivity index (χ1n) is 9.72. The molecule has 2 unspecified atom stereocenters. The van der Waals surface area contributed by atoms with Crippen LogP contribution < -0.4 is 0 Å². The van der Waals surface area contributed by atoms with Gasteiger partial charge in [-0.3, -0.25) is 14.5 Å². The zero-order valence-corrected chi connectivity index (χ0v) is 15.4. The summed E-state index contributed by atoms with van der Waals surface area (Å²) < 4.78 is 0. The normalized spacial score (nSPS) is 24.1. The van der Waals surface area contributed by atoms with Gasteiger partial charge in [0.15, 0.2) is 0 Å². The lowest BCUT2D eigenvalue weighted by Gasteiger charge is -2.28. The van der Waals surface area contributed by atoms with E-state index in [4.69, 9.17) is 5.11 Å². The predicted octanol–water partition coefficient (Wildman–Crippen LogP) is 2.99. The molecule has 1 amide bonds. The van der Waals surface area contributed by atoms with Crippen molar-refractivity contribution in [1.29, 1.82) is 0 Å². The topological polar surface area (TPSA) is 60.9 Å². The van der Waals surface area contributed by atoms with Gasteiger partial charge in [-0.25, -0.2) is 0 Å². The maximum absolute atomic E-state index is 12.9. The number of carbonyl (C=O) groups is 2. The molecule has 0 bridgehead atoms. The molecule has 1 saturated heterocycles. The van der Waals surface area contributed by atoms with E-state index in [1.165, 1.54) is 25.7 Å². The van der Waals surface area contributed by atoms with Crippen LogP contribution >= 0.6 is 0 Å². The minimum atomic E-state index is -0.780. The molecule has 1 N–H and O–H groups in total. The van der Waals surface area contributed by atoms with Gasteiger partial charge in [0, 0.05) is 25.0 Å². The van der Waals surface area contributed by atoms with Gasteiger partial charge < -0.3 is 10.0 Å². The molecule has 0 aromatic rings. The van der Waals surface area contributed by atoms with E-state index < -0.39 is 5.97 Å². The van der Waals surface area contributed by atoms with Gasteiger partial charge in [-0.1, -0.05) is 32.6 Å². The van der Waals surface area contributed by atoms with Crippen molar-refractivity contribution in [2.45, 2.75) is 70.8 Å². The Morgan fingerprint density at radius 2 is 1.83 bits per heavy atom. The highest BCUT2D eigenvalue weighted by molar-refractivity contribution is 5.78. The van der Waals surface area contributed by atoms with Crippen LogP contribution in [0.3, 0.4) is 0 Å². The number of carbonyl (C=O) groups excluding carboxylic acids is 1. The first-order valence-corrected chi connectivity index (χ1v) is 9.72. The molecule has 1 saturated carbocycles. The Bertz CT molecular complexity index is 421. The zero-order chi connectivity index (χ0) is 17.5.